The predicted molar refractivity (Wildman–Crippen MR) is 88.3 cm³/mol. The summed E-state index contributed by atoms with van der Waals surface area (Å²) in [6, 6.07) is 7.00. The molecule has 5 heteroatoms. The Morgan fingerprint density at radius 3 is 2.50 bits per heavy atom. The molecule has 1 unspecified atom stereocenters. The van der Waals surface area contributed by atoms with Gasteiger partial charge in [-0.15, -0.1) is 0 Å². The van der Waals surface area contributed by atoms with Gasteiger partial charge in [0.05, 0.1) is 0 Å². The van der Waals surface area contributed by atoms with Crippen LogP contribution in [0, 0.1) is 5.92 Å². The van der Waals surface area contributed by atoms with Crippen LogP contribution < -0.4 is 11.1 Å². The van der Waals surface area contributed by atoms with Crippen molar-refractivity contribution < 1.29 is 4.79 Å². The average Bonchev–Trinajstić information content (AvgIpc) is 2.39. The molecule has 1 aromatic carbocycles. The quantitative estimate of drug-likeness (QED) is 0.800. The van der Waals surface area contributed by atoms with Crippen LogP contribution in [0.1, 0.15) is 44.2 Å². The van der Waals surface area contributed by atoms with Crippen molar-refractivity contribution in [1.29, 1.82) is 0 Å². The molecule has 0 heterocycles. The minimum atomic E-state index is -0.146. The highest BCUT2D eigenvalue weighted by atomic mass is 79.9. The number of hydrogen-bond acceptors (Lipinski definition) is 2. The summed E-state index contributed by atoms with van der Waals surface area (Å²) >= 11 is 7.08. The number of rotatable bonds is 4. The van der Waals surface area contributed by atoms with Crippen LogP contribution >= 0.6 is 31.9 Å². The second-order valence-corrected chi connectivity index (χ2v) is 7.28. The summed E-state index contributed by atoms with van der Waals surface area (Å²) in [5.41, 5.74) is 6.62. The Kier molecular flexibility index (Phi) is 5.64. The SMILES string of the molecule is CC(NC1CCC(C(N)=O)CC1)c1ccc(Br)cc1Br. The maximum atomic E-state index is 11.2. The molecule has 1 aliphatic carbocycles. The van der Waals surface area contributed by atoms with E-state index < -0.39 is 0 Å². The first-order valence-electron chi connectivity index (χ1n) is 6.97. The maximum Gasteiger partial charge on any atom is 0.220 e. The van der Waals surface area contributed by atoms with Gasteiger partial charge in [0, 0.05) is 26.9 Å². The van der Waals surface area contributed by atoms with Gasteiger partial charge in [-0.05, 0) is 50.3 Å². The highest BCUT2D eigenvalue weighted by molar-refractivity contribution is 9.11. The zero-order valence-corrected chi connectivity index (χ0v) is 14.7. The van der Waals surface area contributed by atoms with Crippen molar-refractivity contribution in [2.75, 3.05) is 0 Å². The zero-order chi connectivity index (χ0) is 14.7. The number of nitrogens with one attached hydrogen (secondary N) is 1. The van der Waals surface area contributed by atoms with Crippen molar-refractivity contribution in [2.45, 2.75) is 44.7 Å². The Morgan fingerprint density at radius 2 is 1.95 bits per heavy atom. The van der Waals surface area contributed by atoms with E-state index in [2.05, 4.69) is 62.3 Å². The number of carbonyl (C=O) groups is 1. The Morgan fingerprint density at radius 1 is 1.30 bits per heavy atom. The molecule has 0 aliphatic heterocycles. The summed E-state index contributed by atoms with van der Waals surface area (Å²) in [4.78, 5) is 11.2. The van der Waals surface area contributed by atoms with Gasteiger partial charge in [0.15, 0.2) is 0 Å². The Bertz CT molecular complexity index is 485. The summed E-state index contributed by atoms with van der Waals surface area (Å²) in [6.07, 6.45) is 3.85. The van der Waals surface area contributed by atoms with E-state index in [0.29, 0.717) is 6.04 Å². The predicted octanol–water partition coefficient (Wildman–Crippen LogP) is 3.91. The van der Waals surface area contributed by atoms with E-state index >= 15 is 0 Å². The molecule has 3 nitrogen and oxygen atoms in total. The lowest BCUT2D eigenvalue weighted by Crippen LogP contribution is -2.37. The lowest BCUT2D eigenvalue weighted by Gasteiger charge is -2.30. The van der Waals surface area contributed by atoms with Crippen molar-refractivity contribution in [3.63, 3.8) is 0 Å². The van der Waals surface area contributed by atoms with Crippen LogP contribution in [-0.2, 0) is 4.79 Å². The fourth-order valence-corrected chi connectivity index (χ4v) is 4.23. The molecule has 1 amide bonds. The molecule has 20 heavy (non-hydrogen) atoms. The normalized spacial score (nSPS) is 24.4. The standard InChI is InChI=1S/C15H20Br2N2O/c1-9(13-7-4-11(16)8-14(13)17)19-12-5-2-10(3-6-12)15(18)20/h4,7-10,12,19H,2-3,5-6H2,1H3,(H2,18,20). The molecule has 1 aromatic rings. The molecule has 0 spiro atoms. The van der Waals surface area contributed by atoms with Gasteiger partial charge in [-0.1, -0.05) is 37.9 Å². The van der Waals surface area contributed by atoms with Crippen LogP contribution in [0.2, 0.25) is 0 Å². The first-order chi connectivity index (χ1) is 9.47. The highest BCUT2D eigenvalue weighted by Gasteiger charge is 2.25. The van der Waals surface area contributed by atoms with Crippen LogP contribution in [0.15, 0.2) is 27.1 Å². The molecular formula is C15H20Br2N2O. The lowest BCUT2D eigenvalue weighted by atomic mass is 9.85. The highest BCUT2D eigenvalue weighted by Crippen LogP contribution is 2.29. The van der Waals surface area contributed by atoms with Crippen molar-refractivity contribution >= 4 is 37.8 Å². The van der Waals surface area contributed by atoms with Crippen molar-refractivity contribution in [3.8, 4) is 0 Å². The second kappa shape index (κ2) is 7.05. The van der Waals surface area contributed by atoms with Gasteiger partial charge >= 0.3 is 0 Å². The molecule has 1 aliphatic rings. The number of nitrogens with two attached hydrogens (primary N) is 1. The Labute approximate surface area is 136 Å². The molecule has 1 fully saturated rings. The third kappa shape index (κ3) is 4.06. The number of hydrogen-bond donors (Lipinski definition) is 2. The van der Waals surface area contributed by atoms with E-state index in [-0.39, 0.29) is 17.9 Å². The van der Waals surface area contributed by atoms with Gasteiger partial charge in [-0.3, -0.25) is 4.79 Å². The van der Waals surface area contributed by atoms with Crippen LogP contribution in [0.5, 0.6) is 0 Å². The fraction of sp³-hybridized carbons (Fsp3) is 0.533. The van der Waals surface area contributed by atoms with Gasteiger partial charge in [0.2, 0.25) is 5.91 Å². The molecule has 0 bridgehead atoms. The summed E-state index contributed by atoms with van der Waals surface area (Å²) < 4.78 is 2.18. The smallest absolute Gasteiger partial charge is 0.220 e. The molecule has 1 saturated carbocycles. The number of halogens is 2. The van der Waals surface area contributed by atoms with Gasteiger partial charge in [-0.25, -0.2) is 0 Å². The molecule has 0 radical (unpaired) electrons. The minimum Gasteiger partial charge on any atom is -0.369 e. The number of carbonyl (C=O) groups excluding carboxylic acids is 1. The monoisotopic (exact) mass is 402 g/mol. The first kappa shape index (κ1) is 16.0. The van der Waals surface area contributed by atoms with E-state index in [9.17, 15) is 4.79 Å². The number of amides is 1. The van der Waals surface area contributed by atoms with E-state index in [0.717, 1.165) is 34.6 Å². The molecule has 0 saturated heterocycles. The van der Waals surface area contributed by atoms with E-state index in [1.807, 2.05) is 0 Å². The molecular weight excluding hydrogens is 384 g/mol. The third-order valence-electron chi connectivity index (χ3n) is 4.04. The van der Waals surface area contributed by atoms with Gasteiger partial charge in [0.25, 0.3) is 0 Å². The van der Waals surface area contributed by atoms with Crippen LogP contribution in [0.4, 0.5) is 0 Å². The van der Waals surface area contributed by atoms with E-state index in [1.54, 1.807) is 0 Å². The largest absolute Gasteiger partial charge is 0.369 e. The van der Waals surface area contributed by atoms with Crippen LogP contribution in [0.3, 0.4) is 0 Å². The average molecular weight is 404 g/mol. The van der Waals surface area contributed by atoms with Crippen molar-refractivity contribution in [2.24, 2.45) is 11.7 Å². The van der Waals surface area contributed by atoms with Crippen molar-refractivity contribution in [3.05, 3.63) is 32.7 Å². The second-order valence-electron chi connectivity index (χ2n) is 5.51. The molecule has 110 valence electrons. The molecule has 1 atom stereocenters. The summed E-state index contributed by atoms with van der Waals surface area (Å²) in [6.45, 7) is 2.17. The minimum absolute atomic E-state index is 0.0720. The lowest BCUT2D eigenvalue weighted by molar-refractivity contribution is -0.122. The summed E-state index contributed by atoms with van der Waals surface area (Å²) in [5.74, 6) is -0.0741. The molecule has 3 N–H and O–H groups in total. The maximum absolute atomic E-state index is 11.2. The molecule has 0 aromatic heterocycles. The number of primary amides is 1. The number of benzene rings is 1. The van der Waals surface area contributed by atoms with Crippen LogP contribution in [-0.4, -0.2) is 11.9 Å². The van der Waals surface area contributed by atoms with Crippen LogP contribution in [0.25, 0.3) is 0 Å². The van der Waals surface area contributed by atoms with E-state index in [1.165, 1.54) is 5.56 Å². The van der Waals surface area contributed by atoms with Gasteiger partial charge in [-0.2, -0.15) is 0 Å². The Hall–Kier alpha value is -0.390. The topological polar surface area (TPSA) is 55.1 Å². The first-order valence-corrected chi connectivity index (χ1v) is 8.56. The third-order valence-corrected chi connectivity index (χ3v) is 5.22. The summed E-state index contributed by atoms with van der Waals surface area (Å²) in [7, 11) is 0. The van der Waals surface area contributed by atoms with Gasteiger partial charge < -0.3 is 11.1 Å². The van der Waals surface area contributed by atoms with Crippen molar-refractivity contribution in [1.82, 2.24) is 5.32 Å². The summed E-state index contributed by atoms with van der Waals surface area (Å²) in [5, 5.41) is 3.66. The van der Waals surface area contributed by atoms with Gasteiger partial charge in [0.1, 0.15) is 0 Å². The fourth-order valence-electron chi connectivity index (χ4n) is 2.84. The zero-order valence-electron chi connectivity index (χ0n) is 11.5. The van der Waals surface area contributed by atoms with E-state index in [4.69, 9.17) is 5.73 Å². The molecule has 2 rings (SSSR count). The Balaban J connectivity index is 1.92.